The molecular weight excluding hydrogens is 424 g/mol. The smallest absolute Gasteiger partial charge is 0.240 e. The second-order valence-corrected chi connectivity index (χ2v) is 8.30. The number of thioether (sulfide) groups is 1. The van der Waals surface area contributed by atoms with Gasteiger partial charge in [0.15, 0.2) is 5.17 Å². The molecule has 2 aromatic carbocycles. The van der Waals surface area contributed by atoms with E-state index in [9.17, 15) is 9.59 Å². The number of benzene rings is 2. The van der Waals surface area contributed by atoms with Crippen LogP contribution < -0.4 is 15.4 Å². The SMILES string of the molecule is CCc1ccccc1NC(=O)C[C@@H]1S/C(=N/N=C(C)\C=C\c2ccc(OC)cc2)NC1=O. The Morgan fingerprint density at radius 2 is 1.97 bits per heavy atom. The van der Waals surface area contributed by atoms with E-state index in [0.29, 0.717) is 10.9 Å². The first-order valence-electron chi connectivity index (χ1n) is 10.3. The number of carbonyl (C=O) groups excluding carboxylic acids is 2. The van der Waals surface area contributed by atoms with Crippen LogP contribution in [0.4, 0.5) is 5.69 Å². The topological polar surface area (TPSA) is 92.2 Å². The normalized spacial score (nSPS) is 17.6. The van der Waals surface area contributed by atoms with Gasteiger partial charge in [0.05, 0.1) is 12.8 Å². The molecule has 0 aromatic heterocycles. The summed E-state index contributed by atoms with van der Waals surface area (Å²) in [4.78, 5) is 24.7. The monoisotopic (exact) mass is 450 g/mol. The number of rotatable bonds is 8. The predicted molar refractivity (Wildman–Crippen MR) is 131 cm³/mol. The second-order valence-electron chi connectivity index (χ2n) is 7.11. The van der Waals surface area contributed by atoms with Crippen LogP contribution in [-0.2, 0) is 16.0 Å². The first-order valence-corrected chi connectivity index (χ1v) is 11.2. The van der Waals surface area contributed by atoms with Crippen molar-refractivity contribution in [2.24, 2.45) is 10.2 Å². The third-order valence-electron chi connectivity index (χ3n) is 4.75. The Morgan fingerprint density at radius 1 is 1.22 bits per heavy atom. The number of hydrogen-bond acceptors (Lipinski definition) is 6. The first kappa shape index (κ1) is 23.3. The van der Waals surface area contributed by atoms with E-state index in [1.54, 1.807) is 7.11 Å². The maximum atomic E-state index is 12.4. The summed E-state index contributed by atoms with van der Waals surface area (Å²) in [5.41, 5.74) is 3.52. The molecule has 1 fully saturated rings. The van der Waals surface area contributed by atoms with Crippen molar-refractivity contribution in [3.05, 3.63) is 65.7 Å². The minimum atomic E-state index is -0.534. The van der Waals surface area contributed by atoms with Gasteiger partial charge in [-0.1, -0.05) is 55.1 Å². The molecule has 0 bridgehead atoms. The van der Waals surface area contributed by atoms with E-state index in [0.717, 1.165) is 29.0 Å². The molecule has 1 atom stereocenters. The molecule has 2 amide bonds. The van der Waals surface area contributed by atoms with Crippen LogP contribution in [0.5, 0.6) is 5.75 Å². The van der Waals surface area contributed by atoms with Gasteiger partial charge >= 0.3 is 0 Å². The highest BCUT2D eigenvalue weighted by Crippen LogP contribution is 2.24. The van der Waals surface area contributed by atoms with Crippen molar-refractivity contribution in [2.45, 2.75) is 31.9 Å². The maximum absolute atomic E-state index is 12.4. The number of amides is 2. The van der Waals surface area contributed by atoms with Crippen molar-refractivity contribution >= 4 is 46.2 Å². The lowest BCUT2D eigenvalue weighted by molar-refractivity contribution is -0.122. The lowest BCUT2D eigenvalue weighted by atomic mass is 10.1. The van der Waals surface area contributed by atoms with Crippen molar-refractivity contribution < 1.29 is 14.3 Å². The number of nitrogens with one attached hydrogen (secondary N) is 2. The minimum Gasteiger partial charge on any atom is -0.497 e. The largest absolute Gasteiger partial charge is 0.497 e. The highest BCUT2D eigenvalue weighted by atomic mass is 32.2. The summed E-state index contributed by atoms with van der Waals surface area (Å²) >= 11 is 1.21. The van der Waals surface area contributed by atoms with Gasteiger partial charge in [-0.05, 0) is 48.7 Å². The van der Waals surface area contributed by atoms with E-state index in [1.807, 2.05) is 74.5 Å². The summed E-state index contributed by atoms with van der Waals surface area (Å²) in [5.74, 6) is 0.349. The summed E-state index contributed by atoms with van der Waals surface area (Å²) in [6, 6.07) is 15.3. The number of ether oxygens (including phenoxy) is 1. The number of nitrogens with zero attached hydrogens (tertiary/aromatic N) is 2. The van der Waals surface area contributed by atoms with E-state index in [1.165, 1.54) is 11.8 Å². The number of amidine groups is 1. The predicted octanol–water partition coefficient (Wildman–Crippen LogP) is 4.26. The van der Waals surface area contributed by atoms with E-state index < -0.39 is 5.25 Å². The fourth-order valence-corrected chi connectivity index (χ4v) is 3.91. The van der Waals surface area contributed by atoms with E-state index in [4.69, 9.17) is 4.74 Å². The molecule has 1 saturated heterocycles. The summed E-state index contributed by atoms with van der Waals surface area (Å²) < 4.78 is 5.14. The van der Waals surface area contributed by atoms with Crippen LogP contribution >= 0.6 is 11.8 Å². The van der Waals surface area contributed by atoms with Crippen molar-refractivity contribution in [3.8, 4) is 5.75 Å². The van der Waals surface area contributed by atoms with Gasteiger partial charge in [0.25, 0.3) is 0 Å². The number of hydrogen-bond donors (Lipinski definition) is 2. The number of aryl methyl sites for hydroxylation is 1. The van der Waals surface area contributed by atoms with Crippen LogP contribution in [0.3, 0.4) is 0 Å². The van der Waals surface area contributed by atoms with Gasteiger partial charge < -0.3 is 15.4 Å². The summed E-state index contributed by atoms with van der Waals surface area (Å²) in [7, 11) is 1.63. The van der Waals surface area contributed by atoms with Crippen LogP contribution in [0, 0.1) is 0 Å². The van der Waals surface area contributed by atoms with Crippen molar-refractivity contribution in [2.75, 3.05) is 12.4 Å². The number of carbonyl (C=O) groups is 2. The minimum absolute atomic E-state index is 0.0631. The number of para-hydroxylation sites is 1. The third kappa shape index (κ3) is 6.55. The molecule has 166 valence electrons. The second kappa shape index (κ2) is 11.3. The number of anilines is 1. The van der Waals surface area contributed by atoms with Gasteiger partial charge in [0, 0.05) is 12.1 Å². The fraction of sp³-hybridized carbons (Fsp3) is 0.250. The van der Waals surface area contributed by atoms with E-state index >= 15 is 0 Å². The highest BCUT2D eigenvalue weighted by molar-refractivity contribution is 8.15. The molecule has 0 radical (unpaired) electrons. The first-order chi connectivity index (χ1) is 15.5. The molecule has 1 aliphatic heterocycles. The van der Waals surface area contributed by atoms with Crippen LogP contribution in [0.15, 0.2) is 64.8 Å². The Balaban J connectivity index is 1.55. The molecule has 0 aliphatic carbocycles. The lowest BCUT2D eigenvalue weighted by Gasteiger charge is -2.10. The molecule has 32 heavy (non-hydrogen) atoms. The van der Waals surface area contributed by atoms with Crippen LogP contribution in [0.25, 0.3) is 6.08 Å². The zero-order valence-corrected chi connectivity index (χ0v) is 19.1. The van der Waals surface area contributed by atoms with Crippen LogP contribution in [0.2, 0.25) is 0 Å². The Bertz CT molecular complexity index is 1060. The Morgan fingerprint density at radius 3 is 2.69 bits per heavy atom. The van der Waals surface area contributed by atoms with Crippen LogP contribution in [0.1, 0.15) is 31.4 Å². The Labute approximate surface area is 192 Å². The molecule has 7 nitrogen and oxygen atoms in total. The fourth-order valence-electron chi connectivity index (χ4n) is 3.00. The summed E-state index contributed by atoms with van der Waals surface area (Å²) in [6.45, 7) is 3.85. The molecule has 2 aromatic rings. The van der Waals surface area contributed by atoms with Gasteiger partial charge in [-0.25, -0.2) is 0 Å². The Hall–Kier alpha value is -3.39. The molecule has 0 unspecified atom stereocenters. The zero-order valence-electron chi connectivity index (χ0n) is 18.3. The number of allylic oxidation sites excluding steroid dienone is 1. The average molecular weight is 451 g/mol. The number of methoxy groups -OCH3 is 1. The molecule has 1 heterocycles. The van der Waals surface area contributed by atoms with E-state index in [-0.39, 0.29) is 18.2 Å². The van der Waals surface area contributed by atoms with Gasteiger partial charge in [0.1, 0.15) is 11.0 Å². The van der Waals surface area contributed by atoms with Gasteiger partial charge in [-0.3, -0.25) is 9.59 Å². The van der Waals surface area contributed by atoms with Crippen molar-refractivity contribution in [3.63, 3.8) is 0 Å². The van der Waals surface area contributed by atoms with Gasteiger partial charge in [0.2, 0.25) is 11.8 Å². The van der Waals surface area contributed by atoms with Crippen LogP contribution in [-0.4, -0.2) is 35.1 Å². The standard InChI is InChI=1S/C24H26N4O3S/c1-4-18-7-5-6-8-20(18)25-22(29)15-21-23(30)26-24(32-21)28-27-16(2)9-10-17-11-13-19(31-3)14-12-17/h5-14,21H,4,15H2,1-3H3,(H,25,29)(H,26,28,30)/b10-9+,27-16-/t21-/m0/s1. The van der Waals surface area contributed by atoms with Gasteiger partial charge in [-0.15, -0.1) is 5.10 Å². The molecule has 0 spiro atoms. The highest BCUT2D eigenvalue weighted by Gasteiger charge is 2.32. The van der Waals surface area contributed by atoms with Gasteiger partial charge in [-0.2, -0.15) is 5.10 Å². The lowest BCUT2D eigenvalue weighted by Crippen LogP contribution is -2.28. The van der Waals surface area contributed by atoms with E-state index in [2.05, 4.69) is 20.8 Å². The maximum Gasteiger partial charge on any atom is 0.240 e. The summed E-state index contributed by atoms with van der Waals surface area (Å²) in [5, 5.41) is 13.7. The third-order valence-corrected chi connectivity index (χ3v) is 5.82. The molecule has 8 heteroatoms. The quantitative estimate of drug-likeness (QED) is 0.464. The zero-order chi connectivity index (χ0) is 22.9. The molecule has 2 N–H and O–H groups in total. The molecule has 1 aliphatic rings. The summed E-state index contributed by atoms with van der Waals surface area (Å²) in [6.07, 6.45) is 4.63. The molecular formula is C24H26N4O3S. The van der Waals surface area contributed by atoms with Crippen molar-refractivity contribution in [1.82, 2.24) is 5.32 Å². The van der Waals surface area contributed by atoms with Crippen molar-refractivity contribution in [1.29, 1.82) is 0 Å². The average Bonchev–Trinajstić information content (AvgIpc) is 3.15. The Kier molecular flexibility index (Phi) is 8.21. The molecule has 3 rings (SSSR count). The molecule has 0 saturated carbocycles.